The van der Waals surface area contributed by atoms with Crippen molar-refractivity contribution in [2.45, 2.75) is 32.1 Å². The number of carboxylic acids is 1. The highest BCUT2D eigenvalue weighted by atomic mass is 19.3. The highest BCUT2D eigenvalue weighted by Crippen LogP contribution is 2.23. The van der Waals surface area contributed by atoms with E-state index in [0.717, 1.165) is 5.56 Å². The SMILES string of the molecule is CC(C)c1cccc(CC(F)(F)C(=O)O)c1. The summed E-state index contributed by atoms with van der Waals surface area (Å²) in [5, 5.41) is 8.33. The summed E-state index contributed by atoms with van der Waals surface area (Å²) in [7, 11) is 0. The van der Waals surface area contributed by atoms with Crippen molar-refractivity contribution in [1.29, 1.82) is 0 Å². The molecule has 0 aliphatic carbocycles. The van der Waals surface area contributed by atoms with Crippen LogP contribution >= 0.6 is 0 Å². The van der Waals surface area contributed by atoms with Gasteiger partial charge in [0.05, 0.1) is 0 Å². The predicted molar refractivity (Wildman–Crippen MR) is 56.8 cm³/mol. The summed E-state index contributed by atoms with van der Waals surface area (Å²) in [6.07, 6.45) is -0.761. The molecule has 2 nitrogen and oxygen atoms in total. The van der Waals surface area contributed by atoms with Crippen LogP contribution in [0.1, 0.15) is 30.9 Å². The minimum atomic E-state index is -3.70. The van der Waals surface area contributed by atoms with Crippen molar-refractivity contribution in [2.75, 3.05) is 0 Å². The Kier molecular flexibility index (Phi) is 3.62. The molecular weight excluding hydrogens is 214 g/mol. The third-order valence-electron chi connectivity index (χ3n) is 2.36. The van der Waals surface area contributed by atoms with Gasteiger partial charge in [0.25, 0.3) is 0 Å². The Hall–Kier alpha value is -1.45. The van der Waals surface area contributed by atoms with E-state index in [1.165, 1.54) is 6.07 Å². The topological polar surface area (TPSA) is 37.3 Å². The quantitative estimate of drug-likeness (QED) is 0.859. The van der Waals surface area contributed by atoms with E-state index in [-0.39, 0.29) is 5.92 Å². The zero-order valence-corrected chi connectivity index (χ0v) is 9.21. The second-order valence-corrected chi connectivity index (χ2v) is 4.09. The Morgan fingerprint density at radius 1 is 1.44 bits per heavy atom. The molecule has 0 aliphatic heterocycles. The van der Waals surface area contributed by atoms with E-state index in [1.807, 2.05) is 19.9 Å². The molecule has 1 N–H and O–H groups in total. The van der Waals surface area contributed by atoms with Crippen LogP contribution in [0.25, 0.3) is 0 Å². The summed E-state index contributed by atoms with van der Waals surface area (Å²) in [6, 6.07) is 6.65. The smallest absolute Gasteiger partial charge is 0.374 e. The maximum Gasteiger partial charge on any atom is 0.374 e. The summed E-state index contributed by atoms with van der Waals surface area (Å²) in [5.74, 6) is -5.55. The second-order valence-electron chi connectivity index (χ2n) is 4.09. The summed E-state index contributed by atoms with van der Waals surface area (Å²) in [4.78, 5) is 10.3. The van der Waals surface area contributed by atoms with Crippen LogP contribution in [0.3, 0.4) is 0 Å². The summed E-state index contributed by atoms with van der Waals surface area (Å²) in [6.45, 7) is 3.91. The fourth-order valence-corrected chi connectivity index (χ4v) is 1.39. The molecule has 0 saturated heterocycles. The van der Waals surface area contributed by atoms with E-state index < -0.39 is 18.3 Å². The molecule has 0 atom stereocenters. The van der Waals surface area contributed by atoms with E-state index >= 15 is 0 Å². The monoisotopic (exact) mass is 228 g/mol. The molecular formula is C12H14F2O2. The van der Waals surface area contributed by atoms with Crippen LogP contribution in [0, 0.1) is 0 Å². The standard InChI is InChI=1S/C12H14F2O2/c1-8(2)10-5-3-4-9(6-10)7-12(13,14)11(15)16/h3-6,8H,7H2,1-2H3,(H,15,16). The third kappa shape index (κ3) is 3.02. The fraction of sp³-hybridized carbons (Fsp3) is 0.417. The van der Waals surface area contributed by atoms with Gasteiger partial charge in [0.2, 0.25) is 0 Å². The number of rotatable bonds is 4. The number of hydrogen-bond acceptors (Lipinski definition) is 1. The van der Waals surface area contributed by atoms with Gasteiger partial charge < -0.3 is 5.11 Å². The van der Waals surface area contributed by atoms with Crippen LogP contribution < -0.4 is 0 Å². The first-order valence-corrected chi connectivity index (χ1v) is 5.03. The Bertz CT molecular complexity index is 386. The highest BCUT2D eigenvalue weighted by molar-refractivity contribution is 5.75. The zero-order chi connectivity index (χ0) is 12.3. The lowest BCUT2D eigenvalue weighted by Gasteiger charge is -2.12. The van der Waals surface area contributed by atoms with Gasteiger partial charge in [-0.1, -0.05) is 38.1 Å². The van der Waals surface area contributed by atoms with Crippen LogP contribution in [0.5, 0.6) is 0 Å². The molecule has 1 aromatic rings. The maximum atomic E-state index is 13.0. The molecule has 0 heterocycles. The van der Waals surface area contributed by atoms with Crippen LogP contribution in [0.15, 0.2) is 24.3 Å². The molecule has 0 spiro atoms. The van der Waals surface area contributed by atoms with Crippen molar-refractivity contribution >= 4 is 5.97 Å². The average Bonchev–Trinajstić information content (AvgIpc) is 2.17. The van der Waals surface area contributed by atoms with Crippen LogP contribution in [0.2, 0.25) is 0 Å². The molecule has 0 aliphatic rings. The highest BCUT2D eigenvalue weighted by Gasteiger charge is 2.38. The molecule has 0 radical (unpaired) electrons. The van der Waals surface area contributed by atoms with Crippen molar-refractivity contribution in [1.82, 2.24) is 0 Å². The predicted octanol–water partition coefficient (Wildman–Crippen LogP) is 3.07. The second kappa shape index (κ2) is 4.60. The number of hydrogen-bond donors (Lipinski definition) is 1. The van der Waals surface area contributed by atoms with E-state index in [0.29, 0.717) is 5.56 Å². The van der Waals surface area contributed by atoms with Gasteiger partial charge in [0.1, 0.15) is 0 Å². The van der Waals surface area contributed by atoms with E-state index in [4.69, 9.17) is 5.11 Å². The number of carbonyl (C=O) groups is 1. The van der Waals surface area contributed by atoms with Gasteiger partial charge in [-0.25, -0.2) is 4.79 Å². The van der Waals surface area contributed by atoms with Crippen LogP contribution in [0.4, 0.5) is 8.78 Å². The molecule has 1 aromatic carbocycles. The maximum absolute atomic E-state index is 13.0. The van der Waals surface area contributed by atoms with Gasteiger partial charge in [0, 0.05) is 6.42 Å². The Labute approximate surface area is 92.9 Å². The molecule has 4 heteroatoms. The van der Waals surface area contributed by atoms with Gasteiger partial charge >= 0.3 is 11.9 Å². The third-order valence-corrected chi connectivity index (χ3v) is 2.36. The number of benzene rings is 1. The normalized spacial score (nSPS) is 11.8. The van der Waals surface area contributed by atoms with Crippen molar-refractivity contribution in [3.63, 3.8) is 0 Å². The number of halogens is 2. The van der Waals surface area contributed by atoms with Gasteiger partial charge in [-0.3, -0.25) is 0 Å². The summed E-state index contributed by atoms with van der Waals surface area (Å²) in [5.41, 5.74) is 1.28. The molecule has 88 valence electrons. The molecule has 0 amide bonds. The average molecular weight is 228 g/mol. The Morgan fingerprint density at radius 2 is 2.06 bits per heavy atom. The first-order valence-electron chi connectivity index (χ1n) is 5.03. The Balaban J connectivity index is 2.90. The van der Waals surface area contributed by atoms with E-state index in [2.05, 4.69) is 0 Å². The number of carboxylic acid groups (broad SMARTS) is 1. The Morgan fingerprint density at radius 3 is 2.56 bits per heavy atom. The molecule has 0 aromatic heterocycles. The van der Waals surface area contributed by atoms with Crippen molar-refractivity contribution in [3.05, 3.63) is 35.4 Å². The summed E-state index contributed by atoms with van der Waals surface area (Å²) < 4.78 is 25.9. The van der Waals surface area contributed by atoms with Crippen molar-refractivity contribution in [3.8, 4) is 0 Å². The molecule has 0 saturated carbocycles. The van der Waals surface area contributed by atoms with Gasteiger partial charge in [-0.2, -0.15) is 8.78 Å². The first-order chi connectivity index (χ1) is 7.33. The number of aliphatic carboxylic acids is 1. The minimum Gasteiger partial charge on any atom is -0.477 e. The van der Waals surface area contributed by atoms with Crippen molar-refractivity contribution < 1.29 is 18.7 Å². The van der Waals surface area contributed by atoms with Gasteiger partial charge in [-0.15, -0.1) is 0 Å². The van der Waals surface area contributed by atoms with Crippen LogP contribution in [-0.2, 0) is 11.2 Å². The lowest BCUT2D eigenvalue weighted by Crippen LogP contribution is -2.30. The molecule has 0 fully saturated rings. The number of alkyl halides is 2. The van der Waals surface area contributed by atoms with Crippen LogP contribution in [-0.4, -0.2) is 17.0 Å². The molecule has 0 bridgehead atoms. The molecule has 1 rings (SSSR count). The first kappa shape index (κ1) is 12.6. The lowest BCUT2D eigenvalue weighted by molar-refractivity contribution is -0.164. The van der Waals surface area contributed by atoms with Crippen molar-refractivity contribution in [2.24, 2.45) is 0 Å². The molecule has 16 heavy (non-hydrogen) atoms. The summed E-state index contributed by atoms with van der Waals surface area (Å²) >= 11 is 0. The lowest BCUT2D eigenvalue weighted by atomic mass is 9.98. The van der Waals surface area contributed by atoms with E-state index in [9.17, 15) is 13.6 Å². The largest absolute Gasteiger partial charge is 0.477 e. The van der Waals surface area contributed by atoms with E-state index in [1.54, 1.807) is 12.1 Å². The minimum absolute atomic E-state index is 0.235. The zero-order valence-electron chi connectivity index (χ0n) is 9.21. The molecule has 0 unspecified atom stereocenters. The van der Waals surface area contributed by atoms with Gasteiger partial charge in [0.15, 0.2) is 0 Å². The van der Waals surface area contributed by atoms with Gasteiger partial charge in [-0.05, 0) is 17.0 Å². The fourth-order valence-electron chi connectivity index (χ4n) is 1.39.